The van der Waals surface area contributed by atoms with Gasteiger partial charge in [0.1, 0.15) is 0 Å². The van der Waals surface area contributed by atoms with Crippen molar-refractivity contribution in [1.82, 2.24) is 0 Å². The van der Waals surface area contributed by atoms with E-state index in [2.05, 4.69) is 243 Å². The van der Waals surface area contributed by atoms with Crippen LogP contribution in [-0.4, -0.2) is 0 Å². The van der Waals surface area contributed by atoms with Crippen molar-refractivity contribution < 1.29 is 0 Å². The Morgan fingerprint density at radius 2 is 1.21 bits per heavy atom. The number of hydrogen-bond acceptors (Lipinski definition) is 0. The number of allylic oxidation sites excluding steroid dienone is 12. The SMILES string of the molecule is CC.Cc1cc2c(c3ccccc13)-c1ccc(C(C)C(C3=CC=C(C(C)(C)C)CC3)c3ccc4c(c3)C(C)CC3=C4C=CCC3)cc1C2(C)C.Cc1ccc(C(C)(C)C)cc1.Cc1ccc(C2=C(C3CC3)CCC=C2)c(C)c1. The Morgan fingerprint density at radius 1 is 0.564 bits per heavy atom. The predicted molar refractivity (Wildman–Crippen MR) is 342 cm³/mol. The molecule has 0 amide bonds. The van der Waals surface area contributed by atoms with Crippen LogP contribution in [0.3, 0.4) is 0 Å². The first-order valence-electron chi connectivity index (χ1n) is 30.3. The highest BCUT2D eigenvalue weighted by Crippen LogP contribution is 2.54. The Morgan fingerprint density at radius 3 is 1.86 bits per heavy atom. The molecule has 0 heterocycles. The van der Waals surface area contributed by atoms with Gasteiger partial charge in [-0.15, -0.1) is 0 Å². The van der Waals surface area contributed by atoms with Gasteiger partial charge in [-0.3, -0.25) is 0 Å². The van der Waals surface area contributed by atoms with Crippen molar-refractivity contribution in [3.63, 3.8) is 0 Å². The van der Waals surface area contributed by atoms with Crippen LogP contribution >= 0.6 is 0 Å². The van der Waals surface area contributed by atoms with Crippen molar-refractivity contribution in [3.8, 4) is 11.1 Å². The van der Waals surface area contributed by atoms with Crippen molar-refractivity contribution in [2.45, 2.75) is 197 Å². The molecule has 0 radical (unpaired) electrons. The molecule has 0 heteroatoms. The second-order valence-corrected chi connectivity index (χ2v) is 26.5. The lowest BCUT2D eigenvalue weighted by Gasteiger charge is -2.34. The van der Waals surface area contributed by atoms with Gasteiger partial charge in [0, 0.05) is 11.3 Å². The summed E-state index contributed by atoms with van der Waals surface area (Å²) in [5, 5.41) is 2.76. The van der Waals surface area contributed by atoms with Crippen molar-refractivity contribution in [3.05, 3.63) is 235 Å². The topological polar surface area (TPSA) is 0 Å². The van der Waals surface area contributed by atoms with Crippen LogP contribution in [-0.2, 0) is 10.8 Å². The molecule has 0 N–H and O–H groups in total. The molecule has 6 aromatic carbocycles. The largest absolute Gasteiger partial charge is 0.0836 e. The van der Waals surface area contributed by atoms with Crippen LogP contribution in [0, 0.1) is 39.0 Å². The van der Waals surface area contributed by atoms with E-state index < -0.39 is 0 Å². The van der Waals surface area contributed by atoms with Crippen LogP contribution in [0.1, 0.15) is 225 Å². The Labute approximate surface area is 473 Å². The van der Waals surface area contributed by atoms with Gasteiger partial charge in [0.05, 0.1) is 0 Å². The van der Waals surface area contributed by atoms with E-state index >= 15 is 0 Å². The van der Waals surface area contributed by atoms with Crippen LogP contribution in [0.25, 0.3) is 33.0 Å². The standard InChI is InChI=1S/C48H52.C17H20.C11H16.C2H6/c1-29-25-34-13-9-10-15-38(34)39-23-20-35(27-42(29)39)45(32-17-21-36(22-18-32)47(4,5)6)31(3)33-19-24-41-43(28-33)48(7,8)44-26-30(2)37-14-11-12-16-40(37)46(41)44;1-12-7-10-15(13(2)11-12)17-6-4-3-5-16(17)14-8-9-14;1-9-5-7-10(8-6-9)11(2,3)4;1-2/h10-12,14-17,19-21,23-24,26-29,31,45H,9,13,18,22,25H2,1-8H3;4,6-7,10-11,14H,3,5,8-9H2,1-2H3;5-8H,1-4H3;1-2H3. The van der Waals surface area contributed by atoms with E-state index in [1.165, 1.54) is 139 Å². The summed E-state index contributed by atoms with van der Waals surface area (Å²) in [5.74, 6) is 2.15. The molecule has 12 rings (SSSR count). The normalized spacial score (nSPS) is 18.8. The molecular weight excluding hydrogens is 937 g/mol. The van der Waals surface area contributed by atoms with Crippen molar-refractivity contribution in [2.75, 3.05) is 0 Å². The molecule has 406 valence electrons. The third kappa shape index (κ3) is 11.7. The van der Waals surface area contributed by atoms with E-state index in [9.17, 15) is 0 Å². The molecule has 3 atom stereocenters. The van der Waals surface area contributed by atoms with Gasteiger partial charge in [0.2, 0.25) is 0 Å². The minimum absolute atomic E-state index is 0.0423. The molecule has 0 saturated heterocycles. The lowest BCUT2D eigenvalue weighted by molar-refractivity contribution is 0.474. The van der Waals surface area contributed by atoms with Crippen LogP contribution in [0.2, 0.25) is 0 Å². The van der Waals surface area contributed by atoms with E-state index in [-0.39, 0.29) is 16.2 Å². The first-order valence-corrected chi connectivity index (χ1v) is 30.3. The van der Waals surface area contributed by atoms with E-state index in [1.807, 2.05) is 13.8 Å². The molecule has 6 aliphatic rings. The summed E-state index contributed by atoms with van der Waals surface area (Å²) in [5.41, 5.74) is 30.1. The summed E-state index contributed by atoms with van der Waals surface area (Å²) < 4.78 is 0. The van der Waals surface area contributed by atoms with Crippen molar-refractivity contribution in [1.29, 1.82) is 0 Å². The first-order chi connectivity index (χ1) is 37.2. The Balaban J connectivity index is 0.000000200. The molecule has 6 aromatic rings. The van der Waals surface area contributed by atoms with Crippen LogP contribution in [0.15, 0.2) is 168 Å². The summed E-state index contributed by atoms with van der Waals surface area (Å²) in [6, 6.07) is 42.1. The molecule has 0 aliphatic heterocycles. The average molecular weight is 1030 g/mol. The monoisotopic (exact) mass is 1030 g/mol. The van der Waals surface area contributed by atoms with Crippen LogP contribution in [0.5, 0.6) is 0 Å². The number of aryl methyl sites for hydroxylation is 4. The van der Waals surface area contributed by atoms with E-state index in [1.54, 1.807) is 27.9 Å². The molecule has 0 bridgehead atoms. The Kier molecular flexibility index (Phi) is 16.7. The number of hydrogen-bond donors (Lipinski definition) is 0. The number of benzene rings is 6. The maximum Gasteiger partial charge on any atom is 0.0159 e. The molecule has 78 heavy (non-hydrogen) atoms. The molecule has 6 aliphatic carbocycles. The van der Waals surface area contributed by atoms with Crippen LogP contribution in [0.4, 0.5) is 0 Å². The van der Waals surface area contributed by atoms with E-state index in [0.717, 1.165) is 18.8 Å². The van der Waals surface area contributed by atoms with Crippen molar-refractivity contribution in [2.24, 2.45) is 11.3 Å². The first kappa shape index (κ1) is 56.7. The smallest absolute Gasteiger partial charge is 0.0159 e. The van der Waals surface area contributed by atoms with Gasteiger partial charge in [0.15, 0.2) is 0 Å². The second kappa shape index (κ2) is 23.0. The zero-order valence-electron chi connectivity index (χ0n) is 51.0. The van der Waals surface area contributed by atoms with Gasteiger partial charge < -0.3 is 0 Å². The minimum atomic E-state index is -0.0423. The molecular formula is C78H94. The highest BCUT2D eigenvalue weighted by molar-refractivity contribution is 6.04. The molecule has 3 unspecified atom stereocenters. The molecule has 0 nitrogen and oxygen atoms in total. The summed E-state index contributed by atoms with van der Waals surface area (Å²) in [4.78, 5) is 0. The molecule has 0 aromatic heterocycles. The summed E-state index contributed by atoms with van der Waals surface area (Å²) in [6.45, 7) is 36.4. The van der Waals surface area contributed by atoms with Crippen LogP contribution < -0.4 is 0 Å². The fraction of sp³-hybridized carbons (Fsp3) is 0.410. The van der Waals surface area contributed by atoms with E-state index in [0.29, 0.717) is 17.8 Å². The number of fused-ring (bicyclic) bond motifs is 7. The van der Waals surface area contributed by atoms with Gasteiger partial charge in [0.25, 0.3) is 0 Å². The maximum absolute atomic E-state index is 2.61. The molecule has 1 saturated carbocycles. The van der Waals surface area contributed by atoms with Gasteiger partial charge in [-0.05, 0) is 203 Å². The summed E-state index contributed by atoms with van der Waals surface area (Å²) in [6.07, 6.45) is 25.7. The zero-order chi connectivity index (χ0) is 55.8. The number of rotatable bonds is 6. The molecule has 0 spiro atoms. The minimum Gasteiger partial charge on any atom is -0.0836 e. The lowest BCUT2D eigenvalue weighted by Crippen LogP contribution is -2.19. The van der Waals surface area contributed by atoms with E-state index in [4.69, 9.17) is 0 Å². The quantitative estimate of drug-likeness (QED) is 0.156. The zero-order valence-corrected chi connectivity index (χ0v) is 51.0. The van der Waals surface area contributed by atoms with Gasteiger partial charge in [-0.2, -0.15) is 0 Å². The third-order valence-corrected chi connectivity index (χ3v) is 18.4. The van der Waals surface area contributed by atoms with Gasteiger partial charge >= 0.3 is 0 Å². The Bertz CT molecular complexity index is 3380. The molecule has 1 fully saturated rings. The Hall–Kier alpha value is -5.98. The van der Waals surface area contributed by atoms with Crippen molar-refractivity contribution >= 4 is 21.9 Å². The lowest BCUT2D eigenvalue weighted by atomic mass is 9.70. The fourth-order valence-corrected chi connectivity index (χ4v) is 13.7. The fourth-order valence-electron chi connectivity index (χ4n) is 13.7. The highest BCUT2D eigenvalue weighted by Gasteiger charge is 2.39. The highest BCUT2D eigenvalue weighted by atomic mass is 14.4. The summed E-state index contributed by atoms with van der Waals surface area (Å²) >= 11 is 0. The predicted octanol–water partition coefficient (Wildman–Crippen LogP) is 22.8. The maximum atomic E-state index is 2.61. The van der Waals surface area contributed by atoms with Gasteiger partial charge in [-0.25, -0.2) is 0 Å². The summed E-state index contributed by atoms with van der Waals surface area (Å²) in [7, 11) is 0. The second-order valence-electron chi connectivity index (χ2n) is 26.5. The average Bonchev–Trinajstić information content (AvgIpc) is 4.44. The van der Waals surface area contributed by atoms with Gasteiger partial charge in [-0.1, -0.05) is 262 Å². The third-order valence-electron chi connectivity index (χ3n) is 18.4.